The molecule has 0 unspecified atom stereocenters. The van der Waals surface area contributed by atoms with Gasteiger partial charge in [-0.3, -0.25) is 9.35 Å². The lowest BCUT2D eigenvalue weighted by Crippen LogP contribution is -2.43. The number of para-hydroxylation sites is 1. The number of hydrogen-bond donors (Lipinski definition) is 2. The SMILES string of the molecule is CCCOc1ccccc1C(=O)N[C@@H](CCS(=O)(=O)O)C(=O)OCC. The zero-order chi connectivity index (χ0) is 18.9. The van der Waals surface area contributed by atoms with Crippen LogP contribution in [0.4, 0.5) is 0 Å². The van der Waals surface area contributed by atoms with Gasteiger partial charge in [-0.05, 0) is 31.9 Å². The number of nitrogens with one attached hydrogen (secondary N) is 1. The van der Waals surface area contributed by atoms with E-state index < -0.39 is 33.8 Å². The van der Waals surface area contributed by atoms with Gasteiger partial charge in [0, 0.05) is 0 Å². The summed E-state index contributed by atoms with van der Waals surface area (Å²) >= 11 is 0. The molecular weight excluding hydrogens is 350 g/mol. The number of benzene rings is 1. The van der Waals surface area contributed by atoms with Crippen molar-refractivity contribution in [3.8, 4) is 5.75 Å². The first-order valence-electron chi connectivity index (χ1n) is 7.93. The Morgan fingerprint density at radius 2 is 1.92 bits per heavy atom. The Morgan fingerprint density at radius 3 is 2.52 bits per heavy atom. The van der Waals surface area contributed by atoms with Crippen molar-refractivity contribution in [2.45, 2.75) is 32.7 Å². The largest absolute Gasteiger partial charge is 0.493 e. The van der Waals surface area contributed by atoms with Crippen LogP contribution in [0.2, 0.25) is 0 Å². The molecule has 0 heterocycles. The van der Waals surface area contributed by atoms with Crippen LogP contribution in [0.5, 0.6) is 5.75 Å². The molecule has 0 aromatic heterocycles. The molecule has 0 saturated heterocycles. The van der Waals surface area contributed by atoms with Gasteiger partial charge >= 0.3 is 5.97 Å². The summed E-state index contributed by atoms with van der Waals surface area (Å²) in [5.74, 6) is -1.68. The van der Waals surface area contributed by atoms with E-state index in [2.05, 4.69) is 5.32 Å². The minimum Gasteiger partial charge on any atom is -0.493 e. The molecule has 0 saturated carbocycles. The van der Waals surface area contributed by atoms with Crippen molar-refractivity contribution in [2.75, 3.05) is 19.0 Å². The molecule has 9 heteroatoms. The molecule has 0 fully saturated rings. The van der Waals surface area contributed by atoms with Crippen molar-refractivity contribution in [1.29, 1.82) is 0 Å². The van der Waals surface area contributed by atoms with E-state index in [4.69, 9.17) is 14.0 Å². The number of ether oxygens (including phenoxy) is 2. The fourth-order valence-electron chi connectivity index (χ4n) is 1.99. The average molecular weight is 373 g/mol. The molecule has 25 heavy (non-hydrogen) atoms. The number of carbonyl (C=O) groups excluding carboxylic acids is 2. The molecule has 0 aliphatic heterocycles. The van der Waals surface area contributed by atoms with Gasteiger partial charge in [0.15, 0.2) is 0 Å². The van der Waals surface area contributed by atoms with Crippen molar-refractivity contribution in [3.05, 3.63) is 29.8 Å². The van der Waals surface area contributed by atoms with Crippen LogP contribution in [0, 0.1) is 0 Å². The van der Waals surface area contributed by atoms with Crippen molar-refractivity contribution >= 4 is 22.0 Å². The number of amides is 1. The fraction of sp³-hybridized carbons (Fsp3) is 0.500. The number of carbonyl (C=O) groups is 2. The van der Waals surface area contributed by atoms with Crippen LogP contribution in [0.1, 0.15) is 37.0 Å². The predicted octanol–water partition coefficient (Wildman–Crippen LogP) is 1.41. The molecule has 1 aromatic carbocycles. The summed E-state index contributed by atoms with van der Waals surface area (Å²) in [4.78, 5) is 24.4. The van der Waals surface area contributed by atoms with Gasteiger partial charge < -0.3 is 14.8 Å². The van der Waals surface area contributed by atoms with E-state index >= 15 is 0 Å². The third-order valence-corrected chi connectivity index (χ3v) is 3.89. The van der Waals surface area contributed by atoms with Gasteiger partial charge in [-0.1, -0.05) is 19.1 Å². The second-order valence-electron chi connectivity index (χ2n) is 5.20. The van der Waals surface area contributed by atoms with Crippen LogP contribution < -0.4 is 10.1 Å². The van der Waals surface area contributed by atoms with E-state index in [0.29, 0.717) is 12.4 Å². The van der Waals surface area contributed by atoms with Gasteiger partial charge in [-0.25, -0.2) is 4.79 Å². The summed E-state index contributed by atoms with van der Waals surface area (Å²) in [6, 6.07) is 5.32. The molecule has 1 amide bonds. The Morgan fingerprint density at radius 1 is 1.24 bits per heavy atom. The van der Waals surface area contributed by atoms with Crippen molar-refractivity contribution < 1.29 is 32.0 Å². The molecule has 0 aliphatic rings. The minimum absolute atomic E-state index is 0.0767. The predicted molar refractivity (Wildman–Crippen MR) is 91.1 cm³/mol. The highest BCUT2D eigenvalue weighted by molar-refractivity contribution is 7.85. The molecule has 0 spiro atoms. The number of rotatable bonds is 10. The number of esters is 1. The maximum absolute atomic E-state index is 12.5. The fourth-order valence-corrected chi connectivity index (χ4v) is 2.52. The van der Waals surface area contributed by atoms with Crippen LogP contribution >= 0.6 is 0 Å². The Labute approximate surface area is 147 Å². The molecule has 1 rings (SSSR count). The first-order chi connectivity index (χ1) is 11.8. The first-order valence-corrected chi connectivity index (χ1v) is 9.53. The van der Waals surface area contributed by atoms with Gasteiger partial charge in [-0.15, -0.1) is 0 Å². The first kappa shape index (κ1) is 20.9. The van der Waals surface area contributed by atoms with E-state index in [-0.39, 0.29) is 18.6 Å². The Kier molecular flexibility index (Phi) is 8.36. The molecule has 2 N–H and O–H groups in total. The van der Waals surface area contributed by atoms with E-state index in [0.717, 1.165) is 6.42 Å². The Hall–Kier alpha value is -2.13. The zero-order valence-electron chi connectivity index (χ0n) is 14.2. The molecule has 0 bridgehead atoms. The summed E-state index contributed by atoms with van der Waals surface area (Å²) in [5, 5.41) is 2.44. The second kappa shape index (κ2) is 10.00. The van der Waals surface area contributed by atoms with E-state index in [1.165, 1.54) is 6.07 Å². The minimum atomic E-state index is -4.27. The lowest BCUT2D eigenvalue weighted by molar-refractivity contribution is -0.145. The van der Waals surface area contributed by atoms with Gasteiger partial charge in [0.05, 0.1) is 24.5 Å². The number of hydrogen-bond acceptors (Lipinski definition) is 6. The molecule has 0 aliphatic carbocycles. The van der Waals surface area contributed by atoms with Crippen LogP contribution in [0.3, 0.4) is 0 Å². The third kappa shape index (κ3) is 7.53. The molecule has 1 aromatic rings. The highest BCUT2D eigenvalue weighted by Gasteiger charge is 2.25. The zero-order valence-corrected chi connectivity index (χ0v) is 15.0. The van der Waals surface area contributed by atoms with Crippen molar-refractivity contribution in [3.63, 3.8) is 0 Å². The van der Waals surface area contributed by atoms with Gasteiger partial charge in [0.2, 0.25) is 0 Å². The Balaban J connectivity index is 2.92. The molecule has 8 nitrogen and oxygen atoms in total. The standard InChI is InChI=1S/C16H23NO7S/c1-3-10-24-14-8-6-5-7-12(14)15(18)17-13(16(19)23-4-2)9-11-25(20,21)22/h5-8,13H,3-4,9-11H2,1-2H3,(H,17,18)(H,20,21,22)/t13-/m0/s1. The van der Waals surface area contributed by atoms with E-state index in [1.807, 2.05) is 6.92 Å². The van der Waals surface area contributed by atoms with E-state index in [1.54, 1.807) is 25.1 Å². The maximum Gasteiger partial charge on any atom is 0.328 e. The van der Waals surface area contributed by atoms with Crippen LogP contribution in [0.25, 0.3) is 0 Å². The summed E-state index contributed by atoms with van der Waals surface area (Å²) < 4.78 is 41.0. The van der Waals surface area contributed by atoms with Gasteiger partial charge in [0.1, 0.15) is 11.8 Å². The lowest BCUT2D eigenvalue weighted by Gasteiger charge is -2.18. The molecule has 140 valence electrons. The monoisotopic (exact) mass is 373 g/mol. The molecule has 1 atom stereocenters. The smallest absolute Gasteiger partial charge is 0.328 e. The maximum atomic E-state index is 12.5. The average Bonchev–Trinajstić information content (AvgIpc) is 2.56. The van der Waals surface area contributed by atoms with Crippen LogP contribution in [-0.2, 0) is 19.6 Å². The van der Waals surface area contributed by atoms with Crippen LogP contribution in [-0.4, -0.2) is 49.9 Å². The quantitative estimate of drug-likeness (QED) is 0.470. The summed E-state index contributed by atoms with van der Waals surface area (Å²) in [5.41, 5.74) is 0.220. The molecular formula is C16H23NO7S. The Bertz CT molecular complexity index is 687. The highest BCUT2D eigenvalue weighted by Crippen LogP contribution is 2.18. The van der Waals surface area contributed by atoms with Gasteiger partial charge in [-0.2, -0.15) is 8.42 Å². The summed E-state index contributed by atoms with van der Waals surface area (Å²) in [6.07, 6.45) is 0.456. The highest BCUT2D eigenvalue weighted by atomic mass is 32.2. The van der Waals surface area contributed by atoms with E-state index in [9.17, 15) is 18.0 Å². The lowest BCUT2D eigenvalue weighted by atomic mass is 10.1. The second-order valence-corrected chi connectivity index (χ2v) is 6.77. The normalized spacial score (nSPS) is 12.3. The van der Waals surface area contributed by atoms with Crippen LogP contribution in [0.15, 0.2) is 24.3 Å². The summed E-state index contributed by atoms with van der Waals surface area (Å²) in [6.45, 7) is 4.02. The van der Waals surface area contributed by atoms with Crippen molar-refractivity contribution in [1.82, 2.24) is 5.32 Å². The third-order valence-electron chi connectivity index (χ3n) is 3.13. The van der Waals surface area contributed by atoms with Gasteiger partial charge in [0.25, 0.3) is 16.0 Å². The summed E-state index contributed by atoms with van der Waals surface area (Å²) in [7, 11) is -4.27. The topological polar surface area (TPSA) is 119 Å². The van der Waals surface area contributed by atoms with Crippen molar-refractivity contribution in [2.24, 2.45) is 0 Å². The molecule has 0 radical (unpaired) electrons.